The molecule has 0 amide bonds. The number of halogens is 1. The Kier molecular flexibility index (Phi) is 4.20. The summed E-state index contributed by atoms with van der Waals surface area (Å²) >= 11 is 3.55. The molecule has 0 N–H and O–H groups in total. The van der Waals surface area contributed by atoms with Crippen molar-refractivity contribution in [3.63, 3.8) is 0 Å². The molecule has 78 valence electrons. The van der Waals surface area contributed by atoms with E-state index < -0.39 is 0 Å². The van der Waals surface area contributed by atoms with Crippen LogP contribution in [-0.2, 0) is 4.74 Å². The largest absolute Gasteiger partial charge is 0.380 e. The molecule has 1 fully saturated rings. The molecule has 3 heteroatoms. The summed E-state index contributed by atoms with van der Waals surface area (Å²) in [5.74, 6) is 0. The minimum absolute atomic E-state index is 0.358. The van der Waals surface area contributed by atoms with Crippen molar-refractivity contribution in [2.24, 2.45) is 5.41 Å². The van der Waals surface area contributed by atoms with Crippen molar-refractivity contribution in [3.05, 3.63) is 0 Å². The standard InChI is InChI=1S/C10H20BrNO/c1-10(2,7-11)8-12(3)9-4-5-13-6-9/h9H,4-8H2,1-3H3. The van der Waals surface area contributed by atoms with Crippen molar-refractivity contribution in [1.29, 1.82) is 0 Å². The summed E-state index contributed by atoms with van der Waals surface area (Å²) in [5, 5.41) is 1.05. The quantitative estimate of drug-likeness (QED) is 0.709. The van der Waals surface area contributed by atoms with Crippen molar-refractivity contribution in [1.82, 2.24) is 4.90 Å². The van der Waals surface area contributed by atoms with E-state index >= 15 is 0 Å². The van der Waals surface area contributed by atoms with E-state index in [9.17, 15) is 0 Å². The van der Waals surface area contributed by atoms with Crippen LogP contribution in [0.1, 0.15) is 20.3 Å². The van der Waals surface area contributed by atoms with Crippen molar-refractivity contribution in [3.8, 4) is 0 Å². The van der Waals surface area contributed by atoms with Gasteiger partial charge in [0.1, 0.15) is 0 Å². The molecule has 1 rings (SSSR count). The SMILES string of the molecule is CN(CC(C)(C)CBr)C1CCOC1. The second-order valence-electron chi connectivity index (χ2n) is 4.73. The van der Waals surface area contributed by atoms with Crippen LogP contribution >= 0.6 is 15.9 Å². The molecule has 0 bridgehead atoms. The Morgan fingerprint density at radius 1 is 1.54 bits per heavy atom. The van der Waals surface area contributed by atoms with Crippen molar-refractivity contribution >= 4 is 15.9 Å². The van der Waals surface area contributed by atoms with E-state index in [0.717, 1.165) is 25.1 Å². The number of ether oxygens (including phenoxy) is 1. The molecule has 2 nitrogen and oxygen atoms in total. The molecule has 1 unspecified atom stereocenters. The summed E-state index contributed by atoms with van der Waals surface area (Å²) in [6.07, 6.45) is 1.19. The summed E-state index contributed by atoms with van der Waals surface area (Å²) in [5.41, 5.74) is 0.358. The Bertz CT molecular complexity index is 155. The van der Waals surface area contributed by atoms with E-state index in [0.29, 0.717) is 11.5 Å². The number of alkyl halides is 1. The number of hydrogen-bond acceptors (Lipinski definition) is 2. The number of nitrogens with zero attached hydrogens (tertiary/aromatic N) is 1. The van der Waals surface area contributed by atoms with Gasteiger partial charge in [0.15, 0.2) is 0 Å². The van der Waals surface area contributed by atoms with Gasteiger partial charge in [0.2, 0.25) is 0 Å². The summed E-state index contributed by atoms with van der Waals surface area (Å²) < 4.78 is 5.37. The number of hydrogen-bond donors (Lipinski definition) is 0. The van der Waals surface area contributed by atoms with Gasteiger partial charge in [-0.25, -0.2) is 0 Å². The molecule has 0 saturated carbocycles. The third-order valence-electron chi connectivity index (χ3n) is 2.57. The fourth-order valence-corrected chi connectivity index (χ4v) is 1.89. The first-order valence-corrected chi connectivity index (χ1v) is 6.01. The third-order valence-corrected chi connectivity index (χ3v) is 4.09. The molecule has 1 heterocycles. The molecule has 0 aromatic heterocycles. The Morgan fingerprint density at radius 3 is 2.69 bits per heavy atom. The molecule has 0 radical (unpaired) electrons. The lowest BCUT2D eigenvalue weighted by atomic mass is 9.95. The van der Waals surface area contributed by atoms with E-state index in [1.54, 1.807) is 0 Å². The average molecular weight is 250 g/mol. The second kappa shape index (κ2) is 4.76. The number of rotatable bonds is 4. The highest BCUT2D eigenvalue weighted by Gasteiger charge is 2.25. The maximum Gasteiger partial charge on any atom is 0.0622 e. The molecule has 13 heavy (non-hydrogen) atoms. The van der Waals surface area contributed by atoms with Gasteiger partial charge in [0.25, 0.3) is 0 Å². The molecule has 1 saturated heterocycles. The van der Waals surface area contributed by atoms with Crippen molar-refractivity contribution < 1.29 is 4.74 Å². The lowest BCUT2D eigenvalue weighted by Crippen LogP contribution is -2.39. The zero-order valence-corrected chi connectivity index (χ0v) is 10.4. The summed E-state index contributed by atoms with van der Waals surface area (Å²) in [7, 11) is 2.20. The second-order valence-corrected chi connectivity index (χ2v) is 5.29. The van der Waals surface area contributed by atoms with Crippen LogP contribution in [0.4, 0.5) is 0 Å². The Labute approximate surface area is 89.8 Å². The minimum atomic E-state index is 0.358. The first kappa shape index (κ1) is 11.5. The van der Waals surface area contributed by atoms with Gasteiger partial charge < -0.3 is 9.64 Å². The van der Waals surface area contributed by atoms with Gasteiger partial charge in [0, 0.05) is 24.5 Å². The molecular weight excluding hydrogens is 230 g/mol. The van der Waals surface area contributed by atoms with Crippen molar-refractivity contribution in [2.45, 2.75) is 26.3 Å². The molecule has 0 aliphatic carbocycles. The van der Waals surface area contributed by atoms with E-state index in [1.165, 1.54) is 6.42 Å². The summed E-state index contributed by atoms with van der Waals surface area (Å²) in [6, 6.07) is 0.637. The lowest BCUT2D eigenvalue weighted by molar-refractivity contribution is 0.137. The van der Waals surface area contributed by atoms with E-state index in [1.807, 2.05) is 0 Å². The van der Waals surface area contributed by atoms with E-state index in [-0.39, 0.29) is 0 Å². The monoisotopic (exact) mass is 249 g/mol. The predicted molar refractivity (Wildman–Crippen MR) is 59.4 cm³/mol. The Hall–Kier alpha value is 0.400. The molecule has 0 aromatic rings. The molecule has 0 aromatic carbocycles. The summed E-state index contributed by atoms with van der Waals surface area (Å²) in [4.78, 5) is 2.42. The van der Waals surface area contributed by atoms with Gasteiger partial charge in [-0.1, -0.05) is 29.8 Å². The van der Waals surface area contributed by atoms with Crippen LogP contribution in [0, 0.1) is 5.41 Å². The van der Waals surface area contributed by atoms with Crippen LogP contribution in [0.15, 0.2) is 0 Å². The Balaban J connectivity index is 2.35. The van der Waals surface area contributed by atoms with Crippen LogP contribution in [0.2, 0.25) is 0 Å². The highest BCUT2D eigenvalue weighted by Crippen LogP contribution is 2.22. The molecule has 1 aliphatic rings. The number of likely N-dealkylation sites (N-methyl/N-ethyl adjacent to an activating group) is 1. The third kappa shape index (κ3) is 3.56. The van der Waals surface area contributed by atoms with Gasteiger partial charge >= 0.3 is 0 Å². The van der Waals surface area contributed by atoms with E-state index in [2.05, 4.69) is 41.7 Å². The molecule has 1 aliphatic heterocycles. The minimum Gasteiger partial charge on any atom is -0.380 e. The van der Waals surface area contributed by atoms with Crippen LogP contribution < -0.4 is 0 Å². The lowest BCUT2D eigenvalue weighted by Gasteiger charge is -2.31. The van der Waals surface area contributed by atoms with Crippen LogP contribution in [0.5, 0.6) is 0 Å². The van der Waals surface area contributed by atoms with Gasteiger partial charge in [-0.3, -0.25) is 0 Å². The highest BCUT2D eigenvalue weighted by molar-refractivity contribution is 9.09. The van der Waals surface area contributed by atoms with Gasteiger partial charge in [-0.2, -0.15) is 0 Å². The average Bonchev–Trinajstić information content (AvgIpc) is 2.55. The first-order chi connectivity index (χ1) is 6.05. The fourth-order valence-electron chi connectivity index (χ4n) is 1.72. The van der Waals surface area contributed by atoms with E-state index in [4.69, 9.17) is 4.74 Å². The molecular formula is C10H20BrNO. The zero-order valence-electron chi connectivity index (χ0n) is 8.85. The van der Waals surface area contributed by atoms with Crippen LogP contribution in [-0.4, -0.2) is 43.1 Å². The van der Waals surface area contributed by atoms with Gasteiger partial charge in [-0.15, -0.1) is 0 Å². The first-order valence-electron chi connectivity index (χ1n) is 4.89. The fraction of sp³-hybridized carbons (Fsp3) is 1.00. The normalized spacial score (nSPS) is 24.2. The van der Waals surface area contributed by atoms with Crippen molar-refractivity contribution in [2.75, 3.05) is 32.1 Å². The highest BCUT2D eigenvalue weighted by atomic mass is 79.9. The van der Waals surface area contributed by atoms with Gasteiger partial charge in [-0.05, 0) is 18.9 Å². The maximum absolute atomic E-state index is 5.37. The summed E-state index contributed by atoms with van der Waals surface area (Å²) in [6.45, 7) is 7.55. The van der Waals surface area contributed by atoms with Crippen LogP contribution in [0.3, 0.4) is 0 Å². The topological polar surface area (TPSA) is 12.5 Å². The molecule has 0 spiro atoms. The zero-order chi connectivity index (χ0) is 9.90. The Morgan fingerprint density at radius 2 is 2.23 bits per heavy atom. The van der Waals surface area contributed by atoms with Crippen LogP contribution in [0.25, 0.3) is 0 Å². The maximum atomic E-state index is 5.37. The smallest absolute Gasteiger partial charge is 0.0622 e. The van der Waals surface area contributed by atoms with Gasteiger partial charge in [0.05, 0.1) is 6.61 Å². The predicted octanol–water partition coefficient (Wildman–Crippen LogP) is 2.13. The molecule has 1 atom stereocenters.